The fourth-order valence-corrected chi connectivity index (χ4v) is 4.02. The molecule has 1 saturated heterocycles. The fraction of sp³-hybridized carbons (Fsp3) is 0.333. The van der Waals surface area contributed by atoms with E-state index in [1.54, 1.807) is 6.20 Å². The molecule has 1 unspecified atom stereocenters. The number of rotatable bonds is 2. The van der Waals surface area contributed by atoms with Gasteiger partial charge in [-0.3, -0.25) is 9.78 Å². The van der Waals surface area contributed by atoms with Crippen LogP contribution in [0, 0.1) is 6.92 Å². The van der Waals surface area contributed by atoms with Crippen molar-refractivity contribution in [1.29, 1.82) is 0 Å². The van der Waals surface area contributed by atoms with E-state index in [9.17, 15) is 4.79 Å². The number of thioether (sulfide) groups is 1. The normalized spacial score (nSPS) is 18.8. The Morgan fingerprint density at radius 3 is 2.77 bits per heavy atom. The molecule has 1 aliphatic heterocycles. The molecule has 0 saturated carbocycles. The third-order valence-corrected chi connectivity index (χ3v) is 5.37. The van der Waals surface area contributed by atoms with Crippen LogP contribution in [-0.2, 0) is 0 Å². The van der Waals surface area contributed by atoms with E-state index in [0.29, 0.717) is 5.25 Å². The zero-order valence-electron chi connectivity index (χ0n) is 12.7. The minimum Gasteiger partial charge on any atom is -0.338 e. The van der Waals surface area contributed by atoms with Gasteiger partial charge in [-0.25, -0.2) is 0 Å². The highest BCUT2D eigenvalue weighted by Crippen LogP contribution is 2.34. The van der Waals surface area contributed by atoms with Crippen molar-refractivity contribution in [2.45, 2.75) is 18.6 Å². The molecule has 4 heteroatoms. The molecule has 1 aliphatic rings. The first kappa shape index (κ1) is 15.1. The molecule has 1 aromatic carbocycles. The molecule has 2 aromatic rings. The van der Waals surface area contributed by atoms with Crippen LogP contribution < -0.4 is 0 Å². The van der Waals surface area contributed by atoms with E-state index in [1.165, 1.54) is 5.56 Å². The van der Waals surface area contributed by atoms with Crippen molar-refractivity contribution in [1.82, 2.24) is 9.88 Å². The Bertz CT molecular complexity index is 645. The first-order valence-corrected chi connectivity index (χ1v) is 8.68. The molecule has 1 amide bonds. The van der Waals surface area contributed by atoms with Crippen molar-refractivity contribution in [2.75, 3.05) is 18.8 Å². The van der Waals surface area contributed by atoms with Gasteiger partial charge in [-0.1, -0.05) is 30.3 Å². The van der Waals surface area contributed by atoms with E-state index in [-0.39, 0.29) is 5.91 Å². The lowest BCUT2D eigenvalue weighted by Crippen LogP contribution is -2.33. The number of nitrogens with zero attached hydrogens (tertiary/aromatic N) is 2. The molecule has 1 fully saturated rings. The number of hydrogen-bond acceptors (Lipinski definition) is 3. The SMILES string of the molecule is Cc1ncccc1C(=O)N1CCSC(c2ccccc2)CC1. The fourth-order valence-electron chi connectivity index (χ4n) is 2.79. The summed E-state index contributed by atoms with van der Waals surface area (Å²) in [6.07, 6.45) is 2.73. The molecule has 0 spiro atoms. The summed E-state index contributed by atoms with van der Waals surface area (Å²) in [5.41, 5.74) is 2.90. The van der Waals surface area contributed by atoms with Crippen LogP contribution in [-0.4, -0.2) is 34.6 Å². The lowest BCUT2D eigenvalue weighted by atomic mass is 10.1. The maximum absolute atomic E-state index is 12.7. The molecular formula is C18H20N2OS. The van der Waals surface area contributed by atoms with Crippen LogP contribution in [0.1, 0.15) is 33.3 Å². The minimum atomic E-state index is 0.111. The molecular weight excluding hydrogens is 292 g/mol. The van der Waals surface area contributed by atoms with Crippen molar-refractivity contribution in [2.24, 2.45) is 0 Å². The highest BCUT2D eigenvalue weighted by molar-refractivity contribution is 7.99. The Labute approximate surface area is 135 Å². The molecule has 2 heterocycles. The maximum atomic E-state index is 12.7. The molecule has 3 nitrogen and oxygen atoms in total. The van der Waals surface area contributed by atoms with Crippen LogP contribution in [0.5, 0.6) is 0 Å². The summed E-state index contributed by atoms with van der Waals surface area (Å²) in [4.78, 5) is 18.9. The number of aryl methyl sites for hydroxylation is 1. The van der Waals surface area contributed by atoms with Crippen molar-refractivity contribution in [3.63, 3.8) is 0 Å². The zero-order valence-corrected chi connectivity index (χ0v) is 13.6. The molecule has 0 bridgehead atoms. The molecule has 3 rings (SSSR count). The summed E-state index contributed by atoms with van der Waals surface area (Å²) in [5.74, 6) is 1.09. The van der Waals surface area contributed by atoms with Crippen LogP contribution in [0.25, 0.3) is 0 Å². The summed E-state index contributed by atoms with van der Waals surface area (Å²) in [6, 6.07) is 14.3. The third kappa shape index (κ3) is 3.33. The molecule has 0 aliphatic carbocycles. The zero-order chi connectivity index (χ0) is 15.4. The average Bonchev–Trinajstić information content (AvgIpc) is 2.81. The summed E-state index contributed by atoms with van der Waals surface area (Å²) < 4.78 is 0. The van der Waals surface area contributed by atoms with Crippen molar-refractivity contribution >= 4 is 17.7 Å². The third-order valence-electron chi connectivity index (χ3n) is 4.04. The predicted octanol–water partition coefficient (Wildman–Crippen LogP) is 3.71. The first-order chi connectivity index (χ1) is 10.8. The second-order valence-electron chi connectivity index (χ2n) is 5.49. The minimum absolute atomic E-state index is 0.111. The molecule has 114 valence electrons. The van der Waals surface area contributed by atoms with Gasteiger partial charge in [-0.05, 0) is 31.0 Å². The number of benzene rings is 1. The van der Waals surface area contributed by atoms with Gasteiger partial charge in [0.05, 0.1) is 5.56 Å². The Hall–Kier alpha value is -1.81. The Kier molecular flexibility index (Phi) is 4.78. The van der Waals surface area contributed by atoms with Gasteiger partial charge >= 0.3 is 0 Å². The smallest absolute Gasteiger partial charge is 0.255 e. The van der Waals surface area contributed by atoms with Crippen LogP contribution in [0.3, 0.4) is 0 Å². The highest BCUT2D eigenvalue weighted by atomic mass is 32.2. The summed E-state index contributed by atoms with van der Waals surface area (Å²) in [7, 11) is 0. The van der Waals surface area contributed by atoms with Crippen molar-refractivity contribution in [3.8, 4) is 0 Å². The number of amides is 1. The van der Waals surface area contributed by atoms with E-state index in [0.717, 1.165) is 36.5 Å². The van der Waals surface area contributed by atoms with Gasteiger partial charge in [0.25, 0.3) is 5.91 Å². The lowest BCUT2D eigenvalue weighted by molar-refractivity contribution is 0.0765. The van der Waals surface area contributed by atoms with Gasteiger partial charge in [0.1, 0.15) is 0 Å². The first-order valence-electron chi connectivity index (χ1n) is 7.63. The van der Waals surface area contributed by atoms with Gasteiger partial charge in [-0.15, -0.1) is 0 Å². The molecule has 22 heavy (non-hydrogen) atoms. The van der Waals surface area contributed by atoms with Gasteiger partial charge in [0, 0.05) is 36.0 Å². The number of pyridine rings is 1. The van der Waals surface area contributed by atoms with Crippen LogP contribution in [0.4, 0.5) is 0 Å². The van der Waals surface area contributed by atoms with Crippen LogP contribution in [0.15, 0.2) is 48.7 Å². The van der Waals surface area contributed by atoms with E-state index >= 15 is 0 Å². The molecule has 0 N–H and O–H groups in total. The number of hydrogen-bond donors (Lipinski definition) is 0. The molecule has 1 aromatic heterocycles. The van der Waals surface area contributed by atoms with Gasteiger partial charge in [0.2, 0.25) is 0 Å². The lowest BCUT2D eigenvalue weighted by Gasteiger charge is -2.21. The predicted molar refractivity (Wildman–Crippen MR) is 91.1 cm³/mol. The second kappa shape index (κ2) is 6.97. The number of carbonyl (C=O) groups excluding carboxylic acids is 1. The van der Waals surface area contributed by atoms with E-state index in [2.05, 4.69) is 29.2 Å². The Balaban J connectivity index is 1.70. The van der Waals surface area contributed by atoms with Gasteiger partial charge in [0.15, 0.2) is 0 Å². The van der Waals surface area contributed by atoms with Crippen LogP contribution >= 0.6 is 11.8 Å². The quantitative estimate of drug-likeness (QED) is 0.847. The van der Waals surface area contributed by atoms with Crippen molar-refractivity contribution in [3.05, 3.63) is 65.5 Å². The van der Waals surface area contributed by atoms with E-state index < -0.39 is 0 Å². The maximum Gasteiger partial charge on any atom is 0.255 e. The number of carbonyl (C=O) groups is 1. The largest absolute Gasteiger partial charge is 0.338 e. The highest BCUT2D eigenvalue weighted by Gasteiger charge is 2.23. The van der Waals surface area contributed by atoms with Gasteiger partial charge < -0.3 is 4.90 Å². The van der Waals surface area contributed by atoms with Crippen LogP contribution in [0.2, 0.25) is 0 Å². The molecule has 0 radical (unpaired) electrons. The summed E-state index contributed by atoms with van der Waals surface area (Å²) in [6.45, 7) is 3.51. The second-order valence-corrected chi connectivity index (χ2v) is 6.80. The summed E-state index contributed by atoms with van der Waals surface area (Å²) in [5, 5.41) is 0.481. The Morgan fingerprint density at radius 1 is 1.18 bits per heavy atom. The molecule has 1 atom stereocenters. The Morgan fingerprint density at radius 2 is 2.00 bits per heavy atom. The van der Waals surface area contributed by atoms with E-state index in [4.69, 9.17) is 0 Å². The van der Waals surface area contributed by atoms with Crippen molar-refractivity contribution < 1.29 is 4.79 Å². The monoisotopic (exact) mass is 312 g/mol. The topological polar surface area (TPSA) is 33.2 Å². The summed E-state index contributed by atoms with van der Waals surface area (Å²) >= 11 is 1.95. The number of aromatic nitrogens is 1. The van der Waals surface area contributed by atoms with E-state index in [1.807, 2.05) is 41.8 Å². The average molecular weight is 312 g/mol. The standard InChI is InChI=1S/C18H20N2OS/c1-14-16(8-5-10-19-14)18(21)20-11-9-17(22-13-12-20)15-6-3-2-4-7-15/h2-8,10,17H,9,11-13H2,1H3. The van der Waals surface area contributed by atoms with Gasteiger partial charge in [-0.2, -0.15) is 11.8 Å².